The number of nitrogens with two attached hydrogens (primary N) is 1. The molecule has 0 fully saturated rings. The van der Waals surface area contributed by atoms with Crippen molar-refractivity contribution in [3.63, 3.8) is 0 Å². The van der Waals surface area contributed by atoms with Crippen LogP contribution in [0.5, 0.6) is 0 Å². The molecule has 0 heterocycles. The molecule has 0 atom stereocenters. The Balaban J connectivity index is 2.44. The molecular formula is C15H13N3O2. The summed E-state index contributed by atoms with van der Waals surface area (Å²) in [6.45, 7) is 0. The molecule has 5 heteroatoms. The van der Waals surface area contributed by atoms with Crippen LogP contribution < -0.4 is 11.1 Å². The molecule has 3 N–H and O–H groups in total. The summed E-state index contributed by atoms with van der Waals surface area (Å²) in [4.78, 5) is 11.7. The monoisotopic (exact) mass is 267 g/mol. The summed E-state index contributed by atoms with van der Waals surface area (Å²) < 4.78 is 4.73. The van der Waals surface area contributed by atoms with E-state index in [4.69, 9.17) is 15.7 Å². The summed E-state index contributed by atoms with van der Waals surface area (Å²) in [5, 5.41) is 12.1. The zero-order valence-electron chi connectivity index (χ0n) is 10.9. The van der Waals surface area contributed by atoms with Crippen molar-refractivity contribution in [1.82, 2.24) is 0 Å². The van der Waals surface area contributed by atoms with Crippen molar-refractivity contribution in [3.05, 3.63) is 53.6 Å². The molecular weight excluding hydrogens is 254 g/mol. The predicted molar refractivity (Wildman–Crippen MR) is 76.6 cm³/mol. The summed E-state index contributed by atoms with van der Waals surface area (Å²) in [5.41, 5.74) is 8.10. The molecule has 5 nitrogen and oxygen atoms in total. The molecule has 2 rings (SSSR count). The number of nitrogens with zero attached hydrogens (tertiary/aromatic N) is 1. The quantitative estimate of drug-likeness (QED) is 0.659. The van der Waals surface area contributed by atoms with Gasteiger partial charge in [-0.2, -0.15) is 5.26 Å². The lowest BCUT2D eigenvalue weighted by Crippen LogP contribution is -2.07. The predicted octanol–water partition coefficient (Wildman–Crippen LogP) is 2.67. The molecule has 0 aromatic heterocycles. The van der Waals surface area contributed by atoms with Gasteiger partial charge in [-0.05, 0) is 30.3 Å². The number of nitrogens with one attached hydrogen (secondary N) is 1. The fraction of sp³-hybridized carbons (Fsp3) is 0.0667. The second-order valence-electron chi connectivity index (χ2n) is 4.08. The van der Waals surface area contributed by atoms with Gasteiger partial charge in [0.1, 0.15) is 6.07 Å². The highest BCUT2D eigenvalue weighted by Crippen LogP contribution is 2.25. The highest BCUT2D eigenvalue weighted by Gasteiger charge is 2.13. The van der Waals surface area contributed by atoms with E-state index in [9.17, 15) is 4.79 Å². The number of nitriles is 1. The van der Waals surface area contributed by atoms with E-state index in [-0.39, 0.29) is 0 Å². The Hall–Kier alpha value is -3.00. The van der Waals surface area contributed by atoms with E-state index in [0.29, 0.717) is 28.2 Å². The Kier molecular flexibility index (Phi) is 3.87. The Morgan fingerprint density at radius 2 is 2.00 bits per heavy atom. The van der Waals surface area contributed by atoms with Crippen LogP contribution in [0.3, 0.4) is 0 Å². The van der Waals surface area contributed by atoms with Crippen LogP contribution in [-0.4, -0.2) is 13.1 Å². The second-order valence-corrected chi connectivity index (χ2v) is 4.08. The first-order chi connectivity index (χ1) is 9.65. The second kappa shape index (κ2) is 5.76. The van der Waals surface area contributed by atoms with E-state index in [1.54, 1.807) is 36.4 Å². The molecule has 0 unspecified atom stereocenters. The average molecular weight is 267 g/mol. The molecule has 2 aromatic carbocycles. The highest BCUT2D eigenvalue weighted by molar-refractivity contribution is 5.97. The summed E-state index contributed by atoms with van der Waals surface area (Å²) >= 11 is 0. The minimum atomic E-state index is -0.491. The minimum Gasteiger partial charge on any atom is -0.465 e. The molecule has 0 bridgehead atoms. The van der Waals surface area contributed by atoms with Crippen LogP contribution in [0.1, 0.15) is 15.9 Å². The maximum atomic E-state index is 11.7. The van der Waals surface area contributed by atoms with E-state index < -0.39 is 5.97 Å². The third-order valence-electron chi connectivity index (χ3n) is 2.77. The van der Waals surface area contributed by atoms with Gasteiger partial charge in [0.05, 0.1) is 29.6 Å². The van der Waals surface area contributed by atoms with Gasteiger partial charge in [0.15, 0.2) is 0 Å². The van der Waals surface area contributed by atoms with Gasteiger partial charge in [0.2, 0.25) is 0 Å². The van der Waals surface area contributed by atoms with Crippen LogP contribution in [0.25, 0.3) is 0 Å². The van der Waals surface area contributed by atoms with Crippen LogP contribution in [0.2, 0.25) is 0 Å². The van der Waals surface area contributed by atoms with Gasteiger partial charge in [-0.25, -0.2) is 4.79 Å². The molecule has 0 saturated heterocycles. The van der Waals surface area contributed by atoms with Crippen molar-refractivity contribution in [3.8, 4) is 6.07 Å². The number of hydrogen-bond donors (Lipinski definition) is 2. The maximum absolute atomic E-state index is 11.7. The lowest BCUT2D eigenvalue weighted by atomic mass is 10.1. The lowest BCUT2D eigenvalue weighted by Gasteiger charge is -2.12. The maximum Gasteiger partial charge on any atom is 0.340 e. The number of carbonyl (C=O) groups excluding carboxylic acids is 1. The first-order valence-corrected chi connectivity index (χ1v) is 5.89. The topological polar surface area (TPSA) is 88.1 Å². The Labute approximate surface area is 116 Å². The van der Waals surface area contributed by atoms with E-state index in [1.165, 1.54) is 13.2 Å². The number of carbonyl (C=O) groups is 1. The van der Waals surface area contributed by atoms with Crippen LogP contribution in [0.4, 0.5) is 17.1 Å². The van der Waals surface area contributed by atoms with Crippen molar-refractivity contribution in [2.24, 2.45) is 0 Å². The molecule has 20 heavy (non-hydrogen) atoms. The molecule has 0 spiro atoms. The van der Waals surface area contributed by atoms with Gasteiger partial charge < -0.3 is 15.8 Å². The summed E-state index contributed by atoms with van der Waals surface area (Å²) in [6, 6.07) is 14.0. The van der Waals surface area contributed by atoms with Gasteiger partial charge in [0.25, 0.3) is 0 Å². The third kappa shape index (κ3) is 2.70. The zero-order valence-corrected chi connectivity index (χ0v) is 10.9. The normalized spacial score (nSPS) is 9.60. The molecule has 0 radical (unpaired) electrons. The van der Waals surface area contributed by atoms with Crippen LogP contribution in [-0.2, 0) is 4.74 Å². The van der Waals surface area contributed by atoms with Crippen molar-refractivity contribution in [2.75, 3.05) is 18.2 Å². The van der Waals surface area contributed by atoms with E-state index >= 15 is 0 Å². The number of rotatable bonds is 3. The number of methoxy groups -OCH3 is 1. The SMILES string of the molecule is COC(=O)c1cc(N)ccc1Nc1ccccc1C#N. The summed E-state index contributed by atoms with van der Waals surface area (Å²) in [7, 11) is 1.30. The van der Waals surface area contributed by atoms with Crippen LogP contribution >= 0.6 is 0 Å². The lowest BCUT2D eigenvalue weighted by molar-refractivity contribution is 0.0602. The fourth-order valence-electron chi connectivity index (χ4n) is 1.78. The van der Waals surface area contributed by atoms with Gasteiger partial charge in [-0.15, -0.1) is 0 Å². The molecule has 0 aliphatic heterocycles. The largest absolute Gasteiger partial charge is 0.465 e. The zero-order chi connectivity index (χ0) is 14.5. The van der Waals surface area contributed by atoms with Gasteiger partial charge >= 0.3 is 5.97 Å². The van der Waals surface area contributed by atoms with Crippen molar-refractivity contribution < 1.29 is 9.53 Å². The average Bonchev–Trinajstić information content (AvgIpc) is 2.48. The van der Waals surface area contributed by atoms with Crippen molar-refractivity contribution in [1.29, 1.82) is 5.26 Å². The number of benzene rings is 2. The molecule has 0 saturated carbocycles. The van der Waals surface area contributed by atoms with Crippen LogP contribution in [0, 0.1) is 11.3 Å². The van der Waals surface area contributed by atoms with Crippen molar-refractivity contribution >= 4 is 23.0 Å². The van der Waals surface area contributed by atoms with E-state index in [0.717, 1.165) is 0 Å². The highest BCUT2D eigenvalue weighted by atomic mass is 16.5. The molecule has 0 amide bonds. The van der Waals surface area contributed by atoms with Crippen LogP contribution in [0.15, 0.2) is 42.5 Å². The third-order valence-corrected chi connectivity index (χ3v) is 2.77. The fourth-order valence-corrected chi connectivity index (χ4v) is 1.78. The smallest absolute Gasteiger partial charge is 0.340 e. The van der Waals surface area contributed by atoms with E-state index in [2.05, 4.69) is 11.4 Å². The van der Waals surface area contributed by atoms with Gasteiger partial charge in [0, 0.05) is 5.69 Å². The molecule has 2 aromatic rings. The van der Waals surface area contributed by atoms with Gasteiger partial charge in [-0.1, -0.05) is 12.1 Å². The number of ether oxygens (including phenoxy) is 1. The van der Waals surface area contributed by atoms with Crippen molar-refractivity contribution in [2.45, 2.75) is 0 Å². The summed E-state index contributed by atoms with van der Waals surface area (Å²) in [6.07, 6.45) is 0. The molecule has 0 aliphatic rings. The Bertz CT molecular complexity index is 690. The van der Waals surface area contributed by atoms with E-state index in [1.807, 2.05) is 0 Å². The molecule has 0 aliphatic carbocycles. The Morgan fingerprint density at radius 1 is 1.25 bits per heavy atom. The Morgan fingerprint density at radius 3 is 2.70 bits per heavy atom. The number of hydrogen-bond acceptors (Lipinski definition) is 5. The van der Waals surface area contributed by atoms with Gasteiger partial charge in [-0.3, -0.25) is 0 Å². The number of para-hydroxylation sites is 1. The standard InChI is InChI=1S/C15H13N3O2/c1-20-15(19)12-8-11(17)6-7-14(12)18-13-5-3-2-4-10(13)9-16/h2-8,18H,17H2,1H3. The number of anilines is 3. The minimum absolute atomic E-state index is 0.320. The first kappa shape index (κ1) is 13.4. The molecule has 100 valence electrons. The number of esters is 1. The number of nitrogen functional groups attached to an aromatic ring is 1. The first-order valence-electron chi connectivity index (χ1n) is 5.89. The summed E-state index contributed by atoms with van der Waals surface area (Å²) in [5.74, 6) is -0.491.